The second-order valence-electron chi connectivity index (χ2n) is 5.04. The first-order valence-corrected chi connectivity index (χ1v) is 6.98. The van der Waals surface area contributed by atoms with Crippen LogP contribution >= 0.6 is 0 Å². The molecule has 0 amide bonds. The number of rotatable bonds is 6. The van der Waals surface area contributed by atoms with Crippen LogP contribution in [0.5, 0.6) is 0 Å². The molecule has 0 aliphatic carbocycles. The predicted molar refractivity (Wildman–Crippen MR) is 79.2 cm³/mol. The molecule has 2 aromatic rings. The molecule has 1 N–H and O–H groups in total. The first-order valence-electron chi connectivity index (χ1n) is 6.98. The molecule has 0 bridgehead atoms. The third-order valence-electron chi connectivity index (χ3n) is 3.42. The molecule has 0 spiro atoms. The van der Waals surface area contributed by atoms with Gasteiger partial charge < -0.3 is 9.88 Å². The van der Waals surface area contributed by atoms with E-state index in [1.54, 1.807) is 0 Å². The Kier molecular flexibility index (Phi) is 4.74. The Bertz CT molecular complexity index is 499. The molecular weight excluding hydrogens is 234 g/mol. The molecule has 0 fully saturated rings. The molecule has 1 aromatic heterocycles. The summed E-state index contributed by atoms with van der Waals surface area (Å²) in [5.74, 6) is 1.07. The van der Waals surface area contributed by atoms with E-state index in [1.165, 1.54) is 11.1 Å². The Labute approximate surface area is 115 Å². The predicted octanol–water partition coefficient (Wildman–Crippen LogP) is 3.24. The largest absolute Gasteiger partial charge is 0.333 e. The van der Waals surface area contributed by atoms with Crippen LogP contribution in [-0.2, 0) is 6.54 Å². The van der Waals surface area contributed by atoms with Crippen molar-refractivity contribution >= 4 is 0 Å². The van der Waals surface area contributed by atoms with E-state index >= 15 is 0 Å². The third kappa shape index (κ3) is 3.67. The molecule has 3 nitrogen and oxygen atoms in total. The summed E-state index contributed by atoms with van der Waals surface area (Å²) in [5, 5.41) is 3.62. The van der Waals surface area contributed by atoms with E-state index in [1.807, 2.05) is 19.3 Å². The Morgan fingerprint density at radius 3 is 2.53 bits per heavy atom. The fourth-order valence-corrected chi connectivity index (χ4v) is 2.20. The van der Waals surface area contributed by atoms with Gasteiger partial charge in [0.25, 0.3) is 0 Å². The van der Waals surface area contributed by atoms with E-state index in [9.17, 15) is 0 Å². The van der Waals surface area contributed by atoms with Crippen LogP contribution in [0.2, 0.25) is 0 Å². The highest BCUT2D eigenvalue weighted by molar-refractivity contribution is 5.24. The van der Waals surface area contributed by atoms with Gasteiger partial charge in [-0.3, -0.25) is 0 Å². The average Bonchev–Trinajstić information content (AvgIpc) is 2.81. The van der Waals surface area contributed by atoms with Crippen molar-refractivity contribution in [2.75, 3.05) is 6.54 Å². The van der Waals surface area contributed by atoms with Crippen molar-refractivity contribution in [3.63, 3.8) is 0 Å². The molecule has 0 radical (unpaired) electrons. The molecule has 102 valence electrons. The van der Waals surface area contributed by atoms with Gasteiger partial charge in [-0.05, 0) is 32.4 Å². The van der Waals surface area contributed by atoms with Gasteiger partial charge >= 0.3 is 0 Å². The molecule has 3 heteroatoms. The number of aromatic nitrogens is 2. The van der Waals surface area contributed by atoms with E-state index in [4.69, 9.17) is 0 Å². The van der Waals surface area contributed by atoms with Crippen LogP contribution in [0.1, 0.15) is 36.3 Å². The molecule has 19 heavy (non-hydrogen) atoms. The van der Waals surface area contributed by atoms with E-state index < -0.39 is 0 Å². The lowest BCUT2D eigenvalue weighted by Gasteiger charge is -2.20. The molecule has 0 saturated carbocycles. The van der Waals surface area contributed by atoms with Crippen molar-refractivity contribution in [1.29, 1.82) is 0 Å². The Morgan fingerprint density at radius 2 is 1.95 bits per heavy atom. The molecular formula is C16H23N3. The van der Waals surface area contributed by atoms with Gasteiger partial charge in [-0.15, -0.1) is 0 Å². The first kappa shape index (κ1) is 13.8. The number of nitrogens with zero attached hydrogens (tertiary/aromatic N) is 2. The van der Waals surface area contributed by atoms with Crippen molar-refractivity contribution in [2.45, 2.75) is 39.8 Å². The highest BCUT2D eigenvalue weighted by Gasteiger charge is 2.12. The number of hydrogen-bond donors (Lipinski definition) is 1. The number of hydrogen-bond acceptors (Lipinski definition) is 2. The molecule has 1 aromatic carbocycles. The minimum atomic E-state index is 0.341. The Morgan fingerprint density at radius 1 is 1.21 bits per heavy atom. The van der Waals surface area contributed by atoms with Crippen LogP contribution in [0.25, 0.3) is 0 Å². The minimum Gasteiger partial charge on any atom is -0.333 e. The number of benzene rings is 1. The van der Waals surface area contributed by atoms with Crippen LogP contribution in [0.15, 0.2) is 36.7 Å². The summed E-state index contributed by atoms with van der Waals surface area (Å²) < 4.78 is 2.20. The number of nitrogens with one attached hydrogen (secondary N) is 1. The van der Waals surface area contributed by atoms with Crippen LogP contribution in [0.4, 0.5) is 0 Å². The molecule has 1 heterocycles. The lowest BCUT2D eigenvalue weighted by Crippen LogP contribution is -2.26. The summed E-state index contributed by atoms with van der Waals surface area (Å²) in [6.07, 6.45) is 5.05. The van der Waals surface area contributed by atoms with Gasteiger partial charge in [0.05, 0.1) is 6.04 Å². The normalized spacial score (nSPS) is 12.6. The van der Waals surface area contributed by atoms with E-state index in [2.05, 4.69) is 53.0 Å². The van der Waals surface area contributed by atoms with E-state index in [0.717, 1.165) is 25.3 Å². The lowest BCUT2D eigenvalue weighted by atomic mass is 10.0. The first-order chi connectivity index (χ1) is 9.20. The zero-order valence-electron chi connectivity index (χ0n) is 12.1. The fourth-order valence-electron chi connectivity index (χ4n) is 2.20. The summed E-state index contributed by atoms with van der Waals surface area (Å²) in [5.41, 5.74) is 2.64. The minimum absolute atomic E-state index is 0.341. The van der Waals surface area contributed by atoms with Gasteiger partial charge in [-0.1, -0.05) is 36.8 Å². The molecule has 1 unspecified atom stereocenters. The maximum atomic E-state index is 4.29. The Balaban J connectivity index is 2.15. The van der Waals surface area contributed by atoms with Crippen molar-refractivity contribution in [2.24, 2.45) is 0 Å². The van der Waals surface area contributed by atoms with Crippen molar-refractivity contribution in [1.82, 2.24) is 14.9 Å². The van der Waals surface area contributed by atoms with Crippen molar-refractivity contribution in [3.05, 3.63) is 53.6 Å². The lowest BCUT2D eigenvalue weighted by molar-refractivity contribution is 0.458. The quantitative estimate of drug-likeness (QED) is 0.861. The number of aryl methyl sites for hydroxylation is 2. The topological polar surface area (TPSA) is 29.9 Å². The molecule has 0 aliphatic rings. The summed E-state index contributed by atoms with van der Waals surface area (Å²) >= 11 is 0. The monoisotopic (exact) mass is 257 g/mol. The van der Waals surface area contributed by atoms with Crippen molar-refractivity contribution in [3.8, 4) is 0 Å². The van der Waals surface area contributed by atoms with Crippen LogP contribution in [-0.4, -0.2) is 16.1 Å². The SMILES string of the molecule is CCCNC(Cn1ccnc1C)c1ccc(C)cc1. The second-order valence-corrected chi connectivity index (χ2v) is 5.04. The van der Waals surface area contributed by atoms with Gasteiger partial charge in [0.15, 0.2) is 0 Å². The average molecular weight is 257 g/mol. The molecule has 2 rings (SSSR count). The fraction of sp³-hybridized carbons (Fsp3) is 0.438. The maximum absolute atomic E-state index is 4.29. The summed E-state index contributed by atoms with van der Waals surface area (Å²) in [7, 11) is 0. The van der Waals surface area contributed by atoms with E-state index in [0.29, 0.717) is 6.04 Å². The highest BCUT2D eigenvalue weighted by atomic mass is 15.1. The van der Waals surface area contributed by atoms with Crippen LogP contribution in [0, 0.1) is 13.8 Å². The third-order valence-corrected chi connectivity index (χ3v) is 3.42. The molecule has 0 aliphatic heterocycles. The smallest absolute Gasteiger partial charge is 0.105 e. The van der Waals surface area contributed by atoms with E-state index in [-0.39, 0.29) is 0 Å². The second kappa shape index (κ2) is 6.53. The van der Waals surface area contributed by atoms with Crippen LogP contribution < -0.4 is 5.32 Å². The summed E-state index contributed by atoms with van der Waals surface area (Å²) in [6.45, 7) is 8.33. The van der Waals surface area contributed by atoms with Gasteiger partial charge in [-0.25, -0.2) is 4.98 Å². The van der Waals surface area contributed by atoms with Gasteiger partial charge in [-0.2, -0.15) is 0 Å². The highest BCUT2D eigenvalue weighted by Crippen LogP contribution is 2.17. The Hall–Kier alpha value is -1.61. The summed E-state index contributed by atoms with van der Waals surface area (Å²) in [4.78, 5) is 4.29. The van der Waals surface area contributed by atoms with Gasteiger partial charge in [0.2, 0.25) is 0 Å². The van der Waals surface area contributed by atoms with Gasteiger partial charge in [0.1, 0.15) is 5.82 Å². The zero-order chi connectivity index (χ0) is 13.7. The molecule has 1 atom stereocenters. The molecule has 0 saturated heterocycles. The number of imidazole rings is 1. The standard InChI is InChI=1S/C16H23N3/c1-4-9-18-16(12-19-11-10-17-14(19)3)15-7-5-13(2)6-8-15/h5-8,10-11,16,18H,4,9,12H2,1-3H3. The zero-order valence-corrected chi connectivity index (χ0v) is 12.1. The van der Waals surface area contributed by atoms with Gasteiger partial charge in [0, 0.05) is 18.9 Å². The van der Waals surface area contributed by atoms with Crippen LogP contribution in [0.3, 0.4) is 0 Å². The summed E-state index contributed by atoms with van der Waals surface area (Å²) in [6, 6.07) is 9.13. The van der Waals surface area contributed by atoms with Crippen molar-refractivity contribution < 1.29 is 0 Å². The maximum Gasteiger partial charge on any atom is 0.105 e.